The first-order chi connectivity index (χ1) is 19.7. The normalized spacial score (nSPS) is 11.4. The van der Waals surface area contributed by atoms with Crippen LogP contribution in [-0.4, -0.2) is 35.2 Å². The molecule has 0 radical (unpaired) electrons. The zero-order chi connectivity index (χ0) is 29.7. The summed E-state index contributed by atoms with van der Waals surface area (Å²) in [5, 5.41) is 5.97. The van der Waals surface area contributed by atoms with Crippen molar-refractivity contribution in [1.29, 1.82) is 0 Å². The van der Waals surface area contributed by atoms with Crippen LogP contribution in [0.4, 0.5) is 30.4 Å². The minimum Gasteiger partial charge on any atom is -0.339 e. The summed E-state index contributed by atoms with van der Waals surface area (Å²) in [4.78, 5) is 34.4. The van der Waals surface area contributed by atoms with Crippen molar-refractivity contribution < 1.29 is 18.0 Å². The van der Waals surface area contributed by atoms with Crippen molar-refractivity contribution in [2.45, 2.75) is 33.9 Å². The van der Waals surface area contributed by atoms with E-state index < -0.39 is 17.6 Å². The number of pyridine rings is 2. The van der Waals surface area contributed by atoms with Gasteiger partial charge in [-0.3, -0.25) is 14.1 Å². The average molecular weight is 692 g/mol. The van der Waals surface area contributed by atoms with Crippen LogP contribution in [0.15, 0.2) is 61.4 Å². The fraction of sp³-hybridized carbons (Fsp3) is 0.185. The molecule has 1 aromatic carbocycles. The Morgan fingerprint density at radius 1 is 1.00 bits per heavy atom. The number of alkyl halides is 3. The van der Waals surface area contributed by atoms with Gasteiger partial charge >= 0.3 is 6.18 Å². The van der Waals surface area contributed by atoms with E-state index in [9.17, 15) is 18.0 Å². The van der Waals surface area contributed by atoms with Gasteiger partial charge in [0.2, 0.25) is 0 Å². The summed E-state index contributed by atoms with van der Waals surface area (Å²) in [5.74, 6) is -0.252. The van der Waals surface area contributed by atoms with E-state index in [4.69, 9.17) is 0 Å². The lowest BCUT2D eigenvalue weighted by Crippen LogP contribution is -2.16. The maximum Gasteiger partial charge on any atom is 0.416 e. The van der Waals surface area contributed by atoms with Gasteiger partial charge in [0.05, 0.1) is 11.9 Å². The highest BCUT2D eigenvalue weighted by atomic mass is 127. The molecule has 0 fully saturated rings. The molecule has 5 aromatic rings. The Hall–Kier alpha value is -3.71. The fourth-order valence-corrected chi connectivity index (χ4v) is 5.31. The molecule has 1 amide bonds. The molecular formula is C27H25F3IN8OP. The van der Waals surface area contributed by atoms with Crippen LogP contribution in [0.2, 0.25) is 0 Å². The molecule has 0 saturated heterocycles. The third-order valence-electron chi connectivity index (χ3n) is 5.99. The first kappa shape index (κ1) is 30.3. The summed E-state index contributed by atoms with van der Waals surface area (Å²) in [6, 6.07) is 8.62. The Balaban J connectivity index is 0.00000189. The molecule has 0 saturated carbocycles. The SMILES string of the molecule is CC.Cc1cc(NC(=O)c2cc(C(F)(F)F)ccn2)cc(Nc2ncccc2-c2ncnc3c2ncn3PI)c1C. The topological polar surface area (TPSA) is 111 Å². The Bertz CT molecular complexity index is 1710. The van der Waals surface area contributed by atoms with E-state index in [0.29, 0.717) is 46.0 Å². The van der Waals surface area contributed by atoms with E-state index in [1.807, 2.05) is 38.1 Å². The number of hydrogen-bond donors (Lipinski definition) is 2. The highest BCUT2D eigenvalue weighted by Crippen LogP contribution is 2.35. The highest BCUT2D eigenvalue weighted by Gasteiger charge is 2.31. The third kappa shape index (κ3) is 6.62. The molecule has 1 unspecified atom stereocenters. The van der Waals surface area contributed by atoms with E-state index in [2.05, 4.69) is 57.6 Å². The number of amides is 1. The molecule has 4 aromatic heterocycles. The number of fused-ring (bicyclic) bond motifs is 1. The highest BCUT2D eigenvalue weighted by molar-refractivity contribution is 14.2. The second kappa shape index (κ2) is 12.9. The third-order valence-corrected chi connectivity index (χ3v) is 8.05. The number of hydrogen-bond acceptors (Lipinski definition) is 7. The van der Waals surface area contributed by atoms with Gasteiger partial charge < -0.3 is 10.6 Å². The number of nitrogens with one attached hydrogen (secondary N) is 2. The summed E-state index contributed by atoms with van der Waals surface area (Å²) >= 11 is 2.25. The number of imidazole rings is 1. The zero-order valence-electron chi connectivity index (χ0n) is 22.4. The Labute approximate surface area is 248 Å². The lowest BCUT2D eigenvalue weighted by atomic mass is 10.1. The van der Waals surface area contributed by atoms with Gasteiger partial charge in [-0.15, -0.1) is 0 Å². The Kier molecular flexibility index (Phi) is 9.49. The number of benzene rings is 1. The standard InChI is InChI=1S/C25H19F3IN8OP.C2H6/c1-13-8-16(35-24(38)19-9-15(5-7-30-19)25(26,27)28)10-18(14(13)2)36-22-17(4-3-6-31-22)20-21-23(33-11-32-20)37(39-29)12-34-21;1-2/h3-12,39H,1-2H3,(H,31,36)(H,35,38);1-2H3. The summed E-state index contributed by atoms with van der Waals surface area (Å²) < 4.78 is 41.2. The monoisotopic (exact) mass is 692 g/mol. The number of aromatic nitrogens is 6. The van der Waals surface area contributed by atoms with Crippen molar-refractivity contribution in [2.24, 2.45) is 0 Å². The minimum absolute atomic E-state index is 0.344. The molecule has 2 N–H and O–H groups in total. The van der Waals surface area contributed by atoms with Gasteiger partial charge in [0.25, 0.3) is 5.91 Å². The number of carbonyl (C=O) groups is 1. The number of nitrogens with zero attached hydrogens (tertiary/aromatic N) is 6. The Morgan fingerprint density at radius 3 is 2.51 bits per heavy atom. The van der Waals surface area contributed by atoms with Crippen molar-refractivity contribution in [3.8, 4) is 11.3 Å². The van der Waals surface area contributed by atoms with E-state index in [-0.39, 0.29) is 5.69 Å². The number of anilines is 3. The van der Waals surface area contributed by atoms with Gasteiger partial charge in [-0.1, -0.05) is 13.8 Å². The van der Waals surface area contributed by atoms with Gasteiger partial charge in [-0.2, -0.15) is 13.2 Å². The average Bonchev–Trinajstić information content (AvgIpc) is 3.40. The van der Waals surface area contributed by atoms with Crippen LogP contribution >= 0.6 is 28.4 Å². The molecule has 0 bridgehead atoms. The van der Waals surface area contributed by atoms with Crippen LogP contribution in [-0.2, 0) is 6.18 Å². The lowest BCUT2D eigenvalue weighted by molar-refractivity contribution is -0.137. The number of rotatable bonds is 6. The lowest BCUT2D eigenvalue weighted by Gasteiger charge is -2.16. The molecule has 4 heterocycles. The van der Waals surface area contributed by atoms with Crippen LogP contribution in [0.5, 0.6) is 0 Å². The zero-order valence-corrected chi connectivity index (χ0v) is 25.5. The van der Waals surface area contributed by atoms with Crippen LogP contribution in [0.1, 0.15) is 41.0 Å². The number of halogens is 4. The summed E-state index contributed by atoms with van der Waals surface area (Å²) in [6.07, 6.45) is 1.64. The van der Waals surface area contributed by atoms with Crippen molar-refractivity contribution in [1.82, 2.24) is 29.3 Å². The van der Waals surface area contributed by atoms with Gasteiger partial charge in [-0.05, 0) is 83.4 Å². The summed E-state index contributed by atoms with van der Waals surface area (Å²) in [6.45, 7) is 7.77. The maximum atomic E-state index is 13.1. The van der Waals surface area contributed by atoms with Crippen LogP contribution in [0, 0.1) is 13.8 Å². The predicted molar refractivity (Wildman–Crippen MR) is 164 cm³/mol. The fourth-order valence-electron chi connectivity index (χ4n) is 3.90. The molecule has 1 atom stereocenters. The summed E-state index contributed by atoms with van der Waals surface area (Å²) in [7, 11) is 0. The largest absolute Gasteiger partial charge is 0.416 e. The van der Waals surface area contributed by atoms with Crippen molar-refractivity contribution in [3.05, 3.63) is 83.8 Å². The van der Waals surface area contributed by atoms with E-state index in [1.165, 1.54) is 6.33 Å². The molecule has 0 aliphatic heterocycles. The van der Waals surface area contributed by atoms with E-state index >= 15 is 0 Å². The van der Waals surface area contributed by atoms with E-state index in [0.717, 1.165) is 29.5 Å². The van der Waals surface area contributed by atoms with Gasteiger partial charge in [0.15, 0.2) is 5.65 Å². The predicted octanol–water partition coefficient (Wildman–Crippen LogP) is 7.73. The molecule has 212 valence electrons. The summed E-state index contributed by atoms with van der Waals surface area (Å²) in [5.41, 5.74) is 4.13. The first-order valence-corrected chi connectivity index (χ1v) is 16.4. The smallest absolute Gasteiger partial charge is 0.339 e. The molecule has 41 heavy (non-hydrogen) atoms. The van der Waals surface area contributed by atoms with Crippen molar-refractivity contribution >= 4 is 62.7 Å². The molecular weight excluding hydrogens is 667 g/mol. The molecule has 0 aliphatic rings. The molecule has 0 aliphatic carbocycles. The molecule has 0 spiro atoms. The van der Waals surface area contributed by atoms with Crippen LogP contribution in [0.25, 0.3) is 22.4 Å². The minimum atomic E-state index is -4.58. The van der Waals surface area contributed by atoms with Gasteiger partial charge in [0.1, 0.15) is 35.4 Å². The second-order valence-corrected chi connectivity index (χ2v) is 10.6. The molecule has 14 heteroatoms. The number of carbonyl (C=O) groups excluding carboxylic acids is 1. The molecule has 9 nitrogen and oxygen atoms in total. The maximum absolute atomic E-state index is 13.1. The van der Waals surface area contributed by atoms with Gasteiger partial charge in [-0.25, -0.2) is 19.9 Å². The quantitative estimate of drug-likeness (QED) is 0.139. The Morgan fingerprint density at radius 2 is 1.78 bits per heavy atom. The van der Waals surface area contributed by atoms with Crippen LogP contribution in [0.3, 0.4) is 0 Å². The van der Waals surface area contributed by atoms with Crippen LogP contribution < -0.4 is 10.6 Å². The first-order valence-electron chi connectivity index (χ1n) is 12.4. The van der Waals surface area contributed by atoms with E-state index in [1.54, 1.807) is 30.7 Å². The van der Waals surface area contributed by atoms with Crippen molar-refractivity contribution in [3.63, 3.8) is 0 Å². The molecule has 5 rings (SSSR count). The van der Waals surface area contributed by atoms with Crippen molar-refractivity contribution in [2.75, 3.05) is 10.6 Å². The second-order valence-electron chi connectivity index (χ2n) is 8.47. The van der Waals surface area contributed by atoms with Gasteiger partial charge in [0, 0.05) is 29.3 Å². The number of aryl methyl sites for hydroxylation is 1.